The summed E-state index contributed by atoms with van der Waals surface area (Å²) in [5.41, 5.74) is 1.86. The predicted molar refractivity (Wildman–Crippen MR) is 129 cm³/mol. The fourth-order valence-corrected chi connectivity index (χ4v) is 8.45. The van der Waals surface area contributed by atoms with E-state index >= 15 is 0 Å². The molecule has 3 aromatic carbocycles. The molecule has 0 unspecified atom stereocenters. The van der Waals surface area contributed by atoms with Gasteiger partial charge < -0.3 is 4.40 Å². The van der Waals surface area contributed by atoms with E-state index in [0.717, 1.165) is 17.5 Å². The molecule has 0 aliphatic heterocycles. The summed E-state index contributed by atoms with van der Waals surface area (Å²) in [6, 6.07) is 36.5. The van der Waals surface area contributed by atoms with Crippen LogP contribution in [-0.4, -0.2) is 9.38 Å². The zero-order valence-corrected chi connectivity index (χ0v) is 18.0. The van der Waals surface area contributed by atoms with Gasteiger partial charge in [0.1, 0.15) is 29.3 Å². The molecule has 0 N–H and O–H groups in total. The SMILES string of the molecule is Clc1cccn2cc(C[P+](c3ccccc3)(c3ccccc3)c3ccccc3)nc12. The smallest absolute Gasteiger partial charge is 0.156 e. The van der Waals surface area contributed by atoms with Gasteiger partial charge in [0.05, 0.1) is 10.7 Å². The van der Waals surface area contributed by atoms with Gasteiger partial charge in [-0.05, 0) is 48.5 Å². The number of rotatable bonds is 5. The number of halogens is 1. The largest absolute Gasteiger partial charge is 0.305 e. The third kappa shape index (κ3) is 3.33. The van der Waals surface area contributed by atoms with Gasteiger partial charge in [-0.25, -0.2) is 4.98 Å². The Kier molecular flexibility index (Phi) is 5.12. The highest BCUT2D eigenvalue weighted by atomic mass is 35.5. The number of hydrogen-bond acceptors (Lipinski definition) is 1. The van der Waals surface area contributed by atoms with Crippen molar-refractivity contribution in [1.82, 2.24) is 9.38 Å². The van der Waals surface area contributed by atoms with Crippen molar-refractivity contribution >= 4 is 40.4 Å². The number of aromatic nitrogens is 2. The molecule has 0 spiro atoms. The summed E-state index contributed by atoms with van der Waals surface area (Å²) in [6.45, 7) is 0. The molecule has 2 nitrogen and oxygen atoms in total. The van der Waals surface area contributed by atoms with E-state index in [1.54, 1.807) is 0 Å². The zero-order valence-electron chi connectivity index (χ0n) is 16.4. The average molecular weight is 428 g/mol. The summed E-state index contributed by atoms with van der Waals surface area (Å²) in [7, 11) is -1.96. The van der Waals surface area contributed by atoms with Crippen molar-refractivity contribution in [3.8, 4) is 0 Å². The van der Waals surface area contributed by atoms with Crippen molar-refractivity contribution in [1.29, 1.82) is 0 Å². The maximum absolute atomic E-state index is 6.42. The number of imidazole rings is 1. The van der Waals surface area contributed by atoms with Crippen LogP contribution < -0.4 is 15.9 Å². The standard InChI is InChI=1S/C26H21ClN2P/c27-25-17-10-18-29-19-21(28-26(25)29)20-30(22-11-4-1-5-12-22,23-13-6-2-7-14-23)24-15-8-3-9-16-24/h1-19H,20H2/q+1. The maximum atomic E-state index is 6.42. The molecule has 30 heavy (non-hydrogen) atoms. The minimum atomic E-state index is -1.96. The molecule has 146 valence electrons. The van der Waals surface area contributed by atoms with Crippen molar-refractivity contribution in [2.24, 2.45) is 0 Å². The van der Waals surface area contributed by atoms with Gasteiger partial charge in [-0.2, -0.15) is 0 Å². The summed E-state index contributed by atoms with van der Waals surface area (Å²) in [4.78, 5) is 4.93. The van der Waals surface area contributed by atoms with Crippen LogP contribution in [0.5, 0.6) is 0 Å². The van der Waals surface area contributed by atoms with E-state index in [2.05, 4.69) is 97.2 Å². The lowest BCUT2D eigenvalue weighted by molar-refractivity contribution is 1.18. The van der Waals surface area contributed by atoms with Gasteiger partial charge in [0, 0.05) is 12.4 Å². The van der Waals surface area contributed by atoms with E-state index in [1.807, 2.05) is 22.7 Å². The Bertz CT molecular complexity index is 1170. The summed E-state index contributed by atoms with van der Waals surface area (Å²) in [5, 5.41) is 4.73. The number of benzene rings is 3. The predicted octanol–water partition coefficient (Wildman–Crippen LogP) is 5.48. The molecule has 2 aromatic heterocycles. The van der Waals surface area contributed by atoms with Crippen LogP contribution in [0, 0.1) is 0 Å². The van der Waals surface area contributed by atoms with E-state index in [4.69, 9.17) is 16.6 Å². The fourth-order valence-electron chi connectivity index (χ4n) is 4.12. The van der Waals surface area contributed by atoms with E-state index in [1.165, 1.54) is 15.9 Å². The molecule has 0 saturated carbocycles. The third-order valence-corrected chi connectivity index (χ3v) is 10.1. The molecule has 0 amide bonds. The van der Waals surface area contributed by atoms with Crippen molar-refractivity contribution in [3.63, 3.8) is 0 Å². The van der Waals surface area contributed by atoms with Gasteiger partial charge >= 0.3 is 0 Å². The van der Waals surface area contributed by atoms with E-state index in [-0.39, 0.29) is 0 Å². The molecule has 5 aromatic rings. The molecule has 0 saturated heterocycles. The summed E-state index contributed by atoms with van der Waals surface area (Å²) in [6.07, 6.45) is 4.96. The van der Waals surface area contributed by atoms with Crippen molar-refractivity contribution in [2.45, 2.75) is 6.16 Å². The second kappa shape index (κ2) is 8.07. The number of pyridine rings is 1. The molecule has 0 bridgehead atoms. The van der Waals surface area contributed by atoms with Gasteiger partial charge in [0.2, 0.25) is 0 Å². The molecule has 0 fully saturated rings. The minimum absolute atomic E-state index is 0.673. The van der Waals surface area contributed by atoms with Crippen LogP contribution in [-0.2, 0) is 6.16 Å². The molecule has 0 atom stereocenters. The topological polar surface area (TPSA) is 17.3 Å². The van der Waals surface area contributed by atoms with Crippen LogP contribution in [0.25, 0.3) is 5.65 Å². The van der Waals surface area contributed by atoms with Crippen LogP contribution in [0.2, 0.25) is 5.02 Å². The molecular weight excluding hydrogens is 407 g/mol. The molecule has 0 aliphatic rings. The fraction of sp³-hybridized carbons (Fsp3) is 0.0385. The Balaban J connectivity index is 1.77. The zero-order chi connectivity index (χ0) is 20.4. The van der Waals surface area contributed by atoms with E-state index in [9.17, 15) is 0 Å². The first-order chi connectivity index (χ1) is 14.8. The summed E-state index contributed by atoms with van der Waals surface area (Å²) >= 11 is 6.42. The Morgan fingerprint density at radius 1 is 0.667 bits per heavy atom. The third-order valence-electron chi connectivity index (χ3n) is 5.48. The van der Waals surface area contributed by atoms with Gasteiger partial charge in [0.15, 0.2) is 5.65 Å². The lowest BCUT2D eigenvalue weighted by Crippen LogP contribution is -2.32. The highest BCUT2D eigenvalue weighted by Crippen LogP contribution is 2.57. The highest BCUT2D eigenvalue weighted by molar-refractivity contribution is 7.95. The summed E-state index contributed by atoms with van der Waals surface area (Å²) < 4.78 is 2.02. The van der Waals surface area contributed by atoms with Crippen molar-refractivity contribution in [3.05, 3.63) is 126 Å². The lowest BCUT2D eigenvalue weighted by Gasteiger charge is -2.27. The Morgan fingerprint density at radius 3 is 1.63 bits per heavy atom. The van der Waals surface area contributed by atoms with Gasteiger partial charge in [-0.15, -0.1) is 0 Å². The van der Waals surface area contributed by atoms with E-state index < -0.39 is 7.26 Å². The second-order valence-electron chi connectivity index (χ2n) is 7.29. The maximum Gasteiger partial charge on any atom is 0.156 e. The van der Waals surface area contributed by atoms with Gasteiger partial charge in [0.25, 0.3) is 0 Å². The van der Waals surface area contributed by atoms with Crippen LogP contribution >= 0.6 is 18.9 Å². The van der Waals surface area contributed by atoms with Crippen molar-refractivity contribution in [2.75, 3.05) is 0 Å². The Labute approximate surface area is 182 Å². The van der Waals surface area contributed by atoms with Crippen LogP contribution in [0.4, 0.5) is 0 Å². The summed E-state index contributed by atoms with van der Waals surface area (Å²) in [5.74, 6) is 0. The highest BCUT2D eigenvalue weighted by Gasteiger charge is 2.46. The Morgan fingerprint density at radius 2 is 1.17 bits per heavy atom. The first-order valence-electron chi connectivity index (χ1n) is 9.94. The van der Waals surface area contributed by atoms with Crippen molar-refractivity contribution < 1.29 is 0 Å². The second-order valence-corrected chi connectivity index (χ2v) is 11.2. The van der Waals surface area contributed by atoms with Crippen LogP contribution in [0.15, 0.2) is 116 Å². The molecule has 5 rings (SSSR count). The minimum Gasteiger partial charge on any atom is -0.305 e. The Hall–Kier alpha value is -2.93. The first-order valence-corrected chi connectivity index (χ1v) is 12.3. The normalized spacial score (nSPS) is 11.6. The van der Waals surface area contributed by atoms with E-state index in [0.29, 0.717) is 5.02 Å². The first kappa shape index (κ1) is 19.1. The average Bonchev–Trinajstić information content (AvgIpc) is 3.23. The number of hydrogen-bond donors (Lipinski definition) is 0. The lowest BCUT2D eigenvalue weighted by atomic mass is 10.4. The quantitative estimate of drug-likeness (QED) is 0.339. The molecule has 0 aliphatic carbocycles. The van der Waals surface area contributed by atoms with Crippen LogP contribution in [0.1, 0.15) is 5.69 Å². The molecular formula is C26H21ClN2P+. The monoisotopic (exact) mass is 427 g/mol. The molecule has 4 heteroatoms. The van der Waals surface area contributed by atoms with Crippen LogP contribution in [0.3, 0.4) is 0 Å². The molecule has 2 heterocycles. The number of nitrogens with zero attached hydrogens (tertiary/aromatic N) is 2. The molecule has 0 radical (unpaired) electrons. The van der Waals surface area contributed by atoms with Gasteiger partial charge in [-0.3, -0.25) is 0 Å². The van der Waals surface area contributed by atoms with Gasteiger partial charge in [-0.1, -0.05) is 66.2 Å². The number of fused-ring (bicyclic) bond motifs is 1.